The number of unbranched alkanes of at least 4 members (excludes halogenated alkanes) is 2. The molecule has 1 aromatic heterocycles. The van der Waals surface area contributed by atoms with Crippen LogP contribution in [-0.2, 0) is 6.42 Å². The Morgan fingerprint density at radius 3 is 2.94 bits per heavy atom. The third kappa shape index (κ3) is 2.58. The van der Waals surface area contributed by atoms with Gasteiger partial charge in [-0.3, -0.25) is 0 Å². The molecule has 0 aliphatic heterocycles. The average molecular weight is 222 g/mol. The van der Waals surface area contributed by atoms with Crippen LogP contribution in [0.25, 0.3) is 11.0 Å². The smallest absolute Gasteiger partial charge is 0.125 e. The van der Waals surface area contributed by atoms with E-state index in [4.69, 9.17) is 5.11 Å². The molecule has 1 heterocycles. The summed E-state index contributed by atoms with van der Waals surface area (Å²) in [6, 6.07) is 4.55. The van der Waals surface area contributed by atoms with Gasteiger partial charge in [-0.15, -0.1) is 0 Å². The van der Waals surface area contributed by atoms with Crippen molar-refractivity contribution in [1.29, 1.82) is 0 Å². The van der Waals surface area contributed by atoms with Crippen molar-refractivity contribution in [3.63, 3.8) is 0 Å². The molecule has 0 fully saturated rings. The van der Waals surface area contributed by atoms with Crippen molar-refractivity contribution in [3.8, 4) is 0 Å². The number of aryl methyl sites for hydroxylation is 1. The van der Waals surface area contributed by atoms with E-state index in [-0.39, 0.29) is 12.4 Å². The molecule has 0 aliphatic rings. The fraction of sp³-hybridized carbons (Fsp3) is 0.417. The summed E-state index contributed by atoms with van der Waals surface area (Å²) in [5, 5.41) is 8.64. The minimum Gasteiger partial charge on any atom is -0.396 e. The normalized spacial score (nSPS) is 11.1. The molecule has 0 atom stereocenters. The SMILES string of the molecule is OCCCCCc1nc2ccc(F)cc2[nH]1. The molecular weight excluding hydrogens is 207 g/mol. The van der Waals surface area contributed by atoms with Gasteiger partial charge in [0.15, 0.2) is 0 Å². The Morgan fingerprint density at radius 1 is 1.25 bits per heavy atom. The van der Waals surface area contributed by atoms with Crippen LogP contribution >= 0.6 is 0 Å². The lowest BCUT2D eigenvalue weighted by molar-refractivity contribution is 0.283. The molecule has 4 heteroatoms. The van der Waals surface area contributed by atoms with Gasteiger partial charge >= 0.3 is 0 Å². The lowest BCUT2D eigenvalue weighted by atomic mass is 10.2. The Bertz CT molecular complexity index is 467. The lowest BCUT2D eigenvalue weighted by Crippen LogP contribution is -1.89. The van der Waals surface area contributed by atoms with E-state index in [1.54, 1.807) is 6.07 Å². The molecule has 0 aliphatic carbocycles. The molecule has 2 N–H and O–H groups in total. The summed E-state index contributed by atoms with van der Waals surface area (Å²) in [6.45, 7) is 0.241. The summed E-state index contributed by atoms with van der Waals surface area (Å²) >= 11 is 0. The van der Waals surface area contributed by atoms with E-state index < -0.39 is 0 Å². The molecule has 0 amide bonds. The summed E-state index contributed by atoms with van der Waals surface area (Å²) in [5.41, 5.74) is 1.55. The van der Waals surface area contributed by atoms with Crippen molar-refractivity contribution in [1.82, 2.24) is 9.97 Å². The number of halogens is 1. The zero-order valence-electron chi connectivity index (χ0n) is 9.04. The van der Waals surface area contributed by atoms with Crippen LogP contribution in [0.2, 0.25) is 0 Å². The number of hydrogen-bond acceptors (Lipinski definition) is 2. The Balaban J connectivity index is 2.02. The molecule has 1 aromatic carbocycles. The zero-order valence-corrected chi connectivity index (χ0v) is 9.04. The number of nitrogens with one attached hydrogen (secondary N) is 1. The van der Waals surface area contributed by atoms with Crippen molar-refractivity contribution >= 4 is 11.0 Å². The van der Waals surface area contributed by atoms with E-state index >= 15 is 0 Å². The number of aliphatic hydroxyl groups excluding tert-OH is 1. The molecule has 3 nitrogen and oxygen atoms in total. The zero-order chi connectivity index (χ0) is 11.4. The van der Waals surface area contributed by atoms with Gasteiger partial charge in [0, 0.05) is 13.0 Å². The molecule has 0 saturated carbocycles. The van der Waals surface area contributed by atoms with Gasteiger partial charge in [-0.25, -0.2) is 9.37 Å². The number of aliphatic hydroxyl groups is 1. The first-order valence-electron chi connectivity index (χ1n) is 5.54. The molecular formula is C12H15FN2O. The molecule has 16 heavy (non-hydrogen) atoms. The van der Waals surface area contributed by atoms with E-state index in [1.165, 1.54) is 12.1 Å². The number of fused-ring (bicyclic) bond motifs is 1. The molecule has 0 unspecified atom stereocenters. The fourth-order valence-electron chi connectivity index (χ4n) is 1.73. The second kappa shape index (κ2) is 5.07. The third-order valence-electron chi connectivity index (χ3n) is 2.56. The number of H-pyrrole nitrogens is 1. The Morgan fingerprint density at radius 2 is 2.12 bits per heavy atom. The minimum atomic E-state index is -0.247. The molecule has 2 aromatic rings. The maximum atomic E-state index is 12.9. The van der Waals surface area contributed by atoms with Crippen LogP contribution < -0.4 is 0 Å². The van der Waals surface area contributed by atoms with Crippen LogP contribution in [-0.4, -0.2) is 21.7 Å². The number of nitrogens with zero attached hydrogens (tertiary/aromatic N) is 1. The summed E-state index contributed by atoms with van der Waals surface area (Å²) in [5.74, 6) is 0.640. The highest BCUT2D eigenvalue weighted by atomic mass is 19.1. The molecule has 0 saturated heterocycles. The van der Waals surface area contributed by atoms with Crippen LogP contribution in [0.3, 0.4) is 0 Å². The summed E-state index contributed by atoms with van der Waals surface area (Å²) in [6.07, 6.45) is 3.65. The number of rotatable bonds is 5. The van der Waals surface area contributed by atoms with Crippen LogP contribution in [0.5, 0.6) is 0 Å². The van der Waals surface area contributed by atoms with Gasteiger partial charge in [0.25, 0.3) is 0 Å². The Kier molecular flexibility index (Phi) is 3.51. The third-order valence-corrected chi connectivity index (χ3v) is 2.56. The van der Waals surface area contributed by atoms with Crippen LogP contribution in [0, 0.1) is 5.82 Å². The second-order valence-electron chi connectivity index (χ2n) is 3.88. The standard InChI is InChI=1S/C12H15FN2O/c13-9-5-6-10-11(8-9)15-12(14-10)4-2-1-3-7-16/h5-6,8,16H,1-4,7H2,(H,14,15). The summed E-state index contributed by atoms with van der Waals surface area (Å²) in [4.78, 5) is 7.47. The predicted molar refractivity (Wildman–Crippen MR) is 60.7 cm³/mol. The topological polar surface area (TPSA) is 48.9 Å². The minimum absolute atomic E-state index is 0.241. The van der Waals surface area contributed by atoms with Gasteiger partial charge in [-0.05, 0) is 31.0 Å². The molecule has 0 bridgehead atoms. The summed E-state index contributed by atoms with van der Waals surface area (Å²) in [7, 11) is 0. The van der Waals surface area contributed by atoms with Crippen molar-refractivity contribution < 1.29 is 9.50 Å². The largest absolute Gasteiger partial charge is 0.396 e. The second-order valence-corrected chi connectivity index (χ2v) is 3.88. The molecule has 2 rings (SSSR count). The van der Waals surface area contributed by atoms with Crippen LogP contribution in [0.1, 0.15) is 25.1 Å². The van der Waals surface area contributed by atoms with E-state index in [1.807, 2.05) is 0 Å². The highest BCUT2D eigenvalue weighted by Gasteiger charge is 2.03. The number of imidazole rings is 1. The van der Waals surface area contributed by atoms with E-state index in [0.717, 1.165) is 42.5 Å². The highest BCUT2D eigenvalue weighted by molar-refractivity contribution is 5.74. The van der Waals surface area contributed by atoms with E-state index in [9.17, 15) is 4.39 Å². The average Bonchev–Trinajstić information content (AvgIpc) is 2.66. The molecule has 0 spiro atoms. The van der Waals surface area contributed by atoms with E-state index in [0.29, 0.717) is 0 Å². The van der Waals surface area contributed by atoms with Gasteiger partial charge in [-0.1, -0.05) is 6.42 Å². The first-order chi connectivity index (χ1) is 7.79. The van der Waals surface area contributed by atoms with Crippen molar-refractivity contribution in [2.24, 2.45) is 0 Å². The monoisotopic (exact) mass is 222 g/mol. The predicted octanol–water partition coefficient (Wildman–Crippen LogP) is 2.41. The Hall–Kier alpha value is -1.42. The van der Waals surface area contributed by atoms with Gasteiger partial charge in [-0.2, -0.15) is 0 Å². The van der Waals surface area contributed by atoms with Crippen LogP contribution in [0.4, 0.5) is 4.39 Å². The van der Waals surface area contributed by atoms with E-state index in [2.05, 4.69) is 9.97 Å². The maximum absolute atomic E-state index is 12.9. The summed E-state index contributed by atoms with van der Waals surface area (Å²) < 4.78 is 12.9. The lowest BCUT2D eigenvalue weighted by Gasteiger charge is -1.95. The van der Waals surface area contributed by atoms with Crippen LogP contribution in [0.15, 0.2) is 18.2 Å². The first kappa shape index (κ1) is 11.1. The number of benzene rings is 1. The van der Waals surface area contributed by atoms with Gasteiger partial charge in [0.05, 0.1) is 11.0 Å². The number of aromatic amines is 1. The van der Waals surface area contributed by atoms with Crippen molar-refractivity contribution in [2.75, 3.05) is 6.61 Å². The van der Waals surface area contributed by atoms with Crippen molar-refractivity contribution in [2.45, 2.75) is 25.7 Å². The number of hydrogen-bond donors (Lipinski definition) is 2. The number of aromatic nitrogens is 2. The molecule has 0 radical (unpaired) electrons. The fourth-order valence-corrected chi connectivity index (χ4v) is 1.73. The van der Waals surface area contributed by atoms with Crippen molar-refractivity contribution in [3.05, 3.63) is 29.8 Å². The van der Waals surface area contributed by atoms with Gasteiger partial charge in [0.1, 0.15) is 11.6 Å². The quantitative estimate of drug-likeness (QED) is 0.763. The maximum Gasteiger partial charge on any atom is 0.125 e. The first-order valence-corrected chi connectivity index (χ1v) is 5.54. The molecule has 86 valence electrons. The van der Waals surface area contributed by atoms with Gasteiger partial charge in [0.2, 0.25) is 0 Å². The Labute approximate surface area is 93.3 Å². The highest BCUT2D eigenvalue weighted by Crippen LogP contribution is 2.14. The van der Waals surface area contributed by atoms with Gasteiger partial charge < -0.3 is 10.1 Å².